The molecule has 0 saturated heterocycles. The normalized spacial score (nSPS) is 12.3. The average molecular weight is 281 g/mol. The number of anilines is 1. The first-order chi connectivity index (χ1) is 10.1. The molecule has 3 nitrogen and oxygen atoms in total. The lowest BCUT2D eigenvalue weighted by atomic mass is 10.1. The number of nitrogens with one attached hydrogen (secondary N) is 1. The van der Waals surface area contributed by atoms with Gasteiger partial charge in [-0.3, -0.25) is 0 Å². The smallest absolute Gasteiger partial charge is 0.126 e. The zero-order valence-electron chi connectivity index (χ0n) is 12.0. The van der Waals surface area contributed by atoms with Crippen molar-refractivity contribution >= 4 is 16.6 Å². The van der Waals surface area contributed by atoms with E-state index in [0.717, 1.165) is 22.2 Å². The van der Waals surface area contributed by atoms with E-state index in [1.54, 1.807) is 25.3 Å². The van der Waals surface area contributed by atoms with Crippen LogP contribution in [0.3, 0.4) is 0 Å². The van der Waals surface area contributed by atoms with Crippen LogP contribution in [-0.4, -0.2) is 10.2 Å². The summed E-state index contributed by atoms with van der Waals surface area (Å²) in [5.41, 5.74) is 3.29. The molecule has 0 saturated carbocycles. The van der Waals surface area contributed by atoms with Crippen LogP contribution in [0.2, 0.25) is 0 Å². The number of fused-ring (bicyclic) bond motifs is 1. The van der Waals surface area contributed by atoms with E-state index in [2.05, 4.69) is 15.5 Å². The topological polar surface area (TPSA) is 37.8 Å². The van der Waals surface area contributed by atoms with Gasteiger partial charge in [-0.1, -0.05) is 30.3 Å². The van der Waals surface area contributed by atoms with Crippen LogP contribution in [0.15, 0.2) is 48.7 Å². The highest BCUT2D eigenvalue weighted by Gasteiger charge is 2.10. The van der Waals surface area contributed by atoms with E-state index in [9.17, 15) is 4.39 Å². The van der Waals surface area contributed by atoms with Crippen molar-refractivity contribution in [2.75, 3.05) is 5.32 Å². The minimum atomic E-state index is -0.182. The number of hydrogen-bond acceptors (Lipinski definition) is 3. The zero-order valence-corrected chi connectivity index (χ0v) is 12.0. The van der Waals surface area contributed by atoms with E-state index in [0.29, 0.717) is 5.56 Å². The maximum atomic E-state index is 13.7. The van der Waals surface area contributed by atoms with Crippen LogP contribution in [0.5, 0.6) is 0 Å². The summed E-state index contributed by atoms with van der Waals surface area (Å²) in [6.07, 6.45) is 1.70. The van der Waals surface area contributed by atoms with Crippen LogP contribution in [0.4, 0.5) is 10.1 Å². The molecule has 1 unspecified atom stereocenters. The molecule has 0 aliphatic rings. The SMILES string of the molecule is Cc1ccc(C(C)Nc2cnnc3ccccc23)cc1F. The molecule has 2 aromatic carbocycles. The lowest BCUT2D eigenvalue weighted by Crippen LogP contribution is -2.08. The molecule has 4 heteroatoms. The van der Waals surface area contributed by atoms with Gasteiger partial charge < -0.3 is 5.32 Å². The fourth-order valence-corrected chi connectivity index (χ4v) is 2.32. The highest BCUT2D eigenvalue weighted by Crippen LogP contribution is 2.25. The maximum Gasteiger partial charge on any atom is 0.126 e. The molecule has 1 heterocycles. The van der Waals surface area contributed by atoms with Gasteiger partial charge in [0, 0.05) is 11.4 Å². The van der Waals surface area contributed by atoms with Crippen LogP contribution >= 0.6 is 0 Å². The predicted molar refractivity (Wildman–Crippen MR) is 82.7 cm³/mol. The molecule has 0 amide bonds. The summed E-state index contributed by atoms with van der Waals surface area (Å²) in [4.78, 5) is 0. The van der Waals surface area contributed by atoms with Crippen molar-refractivity contribution < 1.29 is 4.39 Å². The molecule has 1 atom stereocenters. The first-order valence-corrected chi connectivity index (χ1v) is 6.88. The Morgan fingerprint density at radius 2 is 1.95 bits per heavy atom. The number of benzene rings is 2. The Kier molecular flexibility index (Phi) is 3.52. The summed E-state index contributed by atoms with van der Waals surface area (Å²) in [7, 11) is 0. The fourth-order valence-electron chi connectivity index (χ4n) is 2.32. The van der Waals surface area contributed by atoms with Gasteiger partial charge >= 0.3 is 0 Å². The third kappa shape index (κ3) is 2.70. The molecule has 0 aliphatic carbocycles. The van der Waals surface area contributed by atoms with E-state index >= 15 is 0 Å². The number of hydrogen-bond donors (Lipinski definition) is 1. The van der Waals surface area contributed by atoms with E-state index in [1.807, 2.05) is 37.3 Å². The summed E-state index contributed by atoms with van der Waals surface area (Å²) in [5.74, 6) is -0.182. The van der Waals surface area contributed by atoms with Crippen LogP contribution < -0.4 is 5.32 Å². The number of rotatable bonds is 3. The molecule has 1 N–H and O–H groups in total. The van der Waals surface area contributed by atoms with Crippen LogP contribution in [-0.2, 0) is 0 Å². The van der Waals surface area contributed by atoms with Crippen LogP contribution in [0, 0.1) is 12.7 Å². The summed E-state index contributed by atoms with van der Waals surface area (Å²) in [6.45, 7) is 3.76. The van der Waals surface area contributed by atoms with Crippen molar-refractivity contribution in [1.29, 1.82) is 0 Å². The van der Waals surface area contributed by atoms with Crippen LogP contribution in [0.1, 0.15) is 24.1 Å². The van der Waals surface area contributed by atoms with E-state index in [4.69, 9.17) is 0 Å². The highest BCUT2D eigenvalue weighted by atomic mass is 19.1. The number of aryl methyl sites for hydroxylation is 1. The molecule has 0 bridgehead atoms. The fraction of sp³-hybridized carbons (Fsp3) is 0.176. The third-order valence-corrected chi connectivity index (χ3v) is 3.61. The largest absolute Gasteiger partial charge is 0.377 e. The Hall–Kier alpha value is -2.49. The molecule has 106 valence electrons. The van der Waals surface area contributed by atoms with Gasteiger partial charge in [-0.05, 0) is 37.1 Å². The monoisotopic (exact) mass is 281 g/mol. The Labute approximate surface area is 122 Å². The molecule has 21 heavy (non-hydrogen) atoms. The van der Waals surface area contributed by atoms with Gasteiger partial charge in [0.2, 0.25) is 0 Å². The summed E-state index contributed by atoms with van der Waals surface area (Å²) in [6, 6.07) is 13.1. The van der Waals surface area contributed by atoms with Gasteiger partial charge in [0.1, 0.15) is 5.82 Å². The van der Waals surface area contributed by atoms with Crippen LogP contribution in [0.25, 0.3) is 10.9 Å². The van der Waals surface area contributed by atoms with Crippen molar-refractivity contribution in [2.45, 2.75) is 19.9 Å². The third-order valence-electron chi connectivity index (χ3n) is 3.61. The lowest BCUT2D eigenvalue weighted by molar-refractivity contribution is 0.614. The highest BCUT2D eigenvalue weighted by molar-refractivity contribution is 5.90. The predicted octanol–water partition coefficient (Wildman–Crippen LogP) is 4.25. The summed E-state index contributed by atoms with van der Waals surface area (Å²) in [5, 5.41) is 12.5. The van der Waals surface area contributed by atoms with Gasteiger partial charge in [-0.25, -0.2) is 4.39 Å². The van der Waals surface area contributed by atoms with E-state index in [1.165, 1.54) is 0 Å². The van der Waals surface area contributed by atoms with Gasteiger partial charge in [0.15, 0.2) is 0 Å². The number of aromatic nitrogens is 2. The molecule has 0 aliphatic heterocycles. The molecule has 1 aromatic heterocycles. The molecular formula is C17H16FN3. The molecule has 3 aromatic rings. The van der Waals surface area contributed by atoms with Crippen molar-refractivity contribution in [3.05, 3.63) is 65.6 Å². The van der Waals surface area contributed by atoms with E-state index in [-0.39, 0.29) is 11.9 Å². The first kappa shape index (κ1) is 13.5. The van der Waals surface area contributed by atoms with Gasteiger partial charge in [-0.2, -0.15) is 10.2 Å². The van der Waals surface area contributed by atoms with Crippen molar-refractivity contribution in [3.8, 4) is 0 Å². The maximum absolute atomic E-state index is 13.7. The molecule has 0 radical (unpaired) electrons. The Balaban J connectivity index is 1.92. The van der Waals surface area contributed by atoms with Gasteiger partial charge in [0.25, 0.3) is 0 Å². The second kappa shape index (κ2) is 5.48. The van der Waals surface area contributed by atoms with Gasteiger partial charge in [-0.15, -0.1) is 0 Å². The Morgan fingerprint density at radius 1 is 1.14 bits per heavy atom. The molecule has 0 fully saturated rings. The molecule has 0 spiro atoms. The minimum absolute atomic E-state index is 0.0206. The summed E-state index contributed by atoms with van der Waals surface area (Å²) >= 11 is 0. The quantitative estimate of drug-likeness (QED) is 0.780. The van der Waals surface area contributed by atoms with Crippen molar-refractivity contribution in [3.63, 3.8) is 0 Å². The van der Waals surface area contributed by atoms with Crippen molar-refractivity contribution in [2.24, 2.45) is 0 Å². The molecule has 3 rings (SSSR count). The number of halogens is 1. The Bertz CT molecular complexity index is 781. The first-order valence-electron chi connectivity index (χ1n) is 6.88. The average Bonchev–Trinajstić information content (AvgIpc) is 2.50. The van der Waals surface area contributed by atoms with Crippen molar-refractivity contribution in [1.82, 2.24) is 10.2 Å². The second-order valence-electron chi connectivity index (χ2n) is 5.15. The molecular weight excluding hydrogens is 265 g/mol. The van der Waals surface area contributed by atoms with E-state index < -0.39 is 0 Å². The summed E-state index contributed by atoms with van der Waals surface area (Å²) < 4.78 is 13.7. The minimum Gasteiger partial charge on any atom is -0.377 e. The lowest BCUT2D eigenvalue weighted by Gasteiger charge is -2.17. The van der Waals surface area contributed by atoms with Gasteiger partial charge in [0.05, 0.1) is 17.4 Å². The number of nitrogens with zero attached hydrogens (tertiary/aromatic N) is 2. The Morgan fingerprint density at radius 3 is 2.76 bits per heavy atom. The second-order valence-corrected chi connectivity index (χ2v) is 5.15. The standard InChI is InChI=1S/C17H16FN3/c1-11-7-8-13(9-15(11)18)12(2)20-17-10-19-21-16-6-4-3-5-14(16)17/h3-10,12H,1-2H3,(H,20,21). The zero-order chi connectivity index (χ0) is 14.8.